The summed E-state index contributed by atoms with van der Waals surface area (Å²) in [5.41, 5.74) is 5.31. The molecule has 1 heterocycles. The Labute approximate surface area is 206 Å². The SMILES string of the molecule is C=C1C=CC(=O)N(C)CC(=O)NC(C(O)C(N)=O)C(=O)OC(C(C)CCCCCC)C(C)C(=O)N1. The molecule has 11 nitrogen and oxygen atoms in total. The summed E-state index contributed by atoms with van der Waals surface area (Å²) >= 11 is 0. The number of carbonyl (C=O) groups excluding carboxylic acids is 5. The van der Waals surface area contributed by atoms with Crippen molar-refractivity contribution in [2.75, 3.05) is 13.6 Å². The number of nitrogens with two attached hydrogens (primary N) is 1. The van der Waals surface area contributed by atoms with Gasteiger partial charge in [0.2, 0.25) is 23.6 Å². The molecular formula is C24H38N4O7. The quantitative estimate of drug-likeness (QED) is 0.275. The zero-order valence-corrected chi connectivity index (χ0v) is 20.9. The number of likely N-dealkylation sites (N-methyl/N-ethyl adjacent to an activating group) is 1. The molecule has 0 aromatic rings. The summed E-state index contributed by atoms with van der Waals surface area (Å²) in [7, 11) is 1.34. The van der Waals surface area contributed by atoms with Crippen LogP contribution in [0.4, 0.5) is 0 Å². The van der Waals surface area contributed by atoms with E-state index in [4.69, 9.17) is 10.5 Å². The number of rotatable bonds is 8. The molecule has 0 aliphatic carbocycles. The molecule has 0 fully saturated rings. The number of hydrogen-bond donors (Lipinski definition) is 4. The molecule has 35 heavy (non-hydrogen) atoms. The standard InChI is InChI=1S/C24H38N4O7/c1-6-7-8-9-10-14(2)21-16(4)23(33)26-15(3)11-12-18(30)28(5)13-17(29)27-19(24(34)35-21)20(31)22(25)32/h11-12,14,16,19-21,31H,3,6-10,13H2,1-2,4-5H3,(H2,25,32)(H,26,33)(H,27,29). The number of cyclic esters (lactones) is 1. The highest BCUT2D eigenvalue weighted by atomic mass is 16.5. The van der Waals surface area contributed by atoms with E-state index in [1.54, 1.807) is 6.92 Å². The van der Waals surface area contributed by atoms with Crippen LogP contribution in [0.15, 0.2) is 24.4 Å². The number of ether oxygens (including phenoxy) is 1. The highest BCUT2D eigenvalue weighted by molar-refractivity contribution is 5.95. The molecule has 0 saturated carbocycles. The van der Waals surface area contributed by atoms with Gasteiger partial charge in [0.15, 0.2) is 12.1 Å². The normalized spacial score (nSPS) is 24.5. The summed E-state index contributed by atoms with van der Waals surface area (Å²) in [5, 5.41) is 15.0. The van der Waals surface area contributed by atoms with Crippen molar-refractivity contribution in [1.82, 2.24) is 15.5 Å². The van der Waals surface area contributed by atoms with Gasteiger partial charge in [-0.15, -0.1) is 0 Å². The van der Waals surface area contributed by atoms with Crippen molar-refractivity contribution in [3.8, 4) is 0 Å². The molecule has 11 heteroatoms. The number of amides is 4. The molecule has 5 N–H and O–H groups in total. The summed E-state index contributed by atoms with van der Waals surface area (Å²) in [6.45, 7) is 8.72. The van der Waals surface area contributed by atoms with Crippen LogP contribution in [-0.2, 0) is 28.7 Å². The van der Waals surface area contributed by atoms with Gasteiger partial charge in [-0.05, 0) is 18.4 Å². The molecule has 1 rings (SSSR count). The van der Waals surface area contributed by atoms with E-state index in [9.17, 15) is 29.1 Å². The molecule has 1 aliphatic rings. The maximum Gasteiger partial charge on any atom is 0.332 e. The summed E-state index contributed by atoms with van der Waals surface area (Å²) < 4.78 is 5.63. The Morgan fingerprint density at radius 1 is 1.26 bits per heavy atom. The molecule has 0 saturated heterocycles. The fourth-order valence-corrected chi connectivity index (χ4v) is 3.68. The van der Waals surface area contributed by atoms with Gasteiger partial charge in [-0.25, -0.2) is 4.79 Å². The van der Waals surface area contributed by atoms with E-state index >= 15 is 0 Å². The number of esters is 1. The summed E-state index contributed by atoms with van der Waals surface area (Å²) in [6.07, 6.45) is 4.00. The summed E-state index contributed by atoms with van der Waals surface area (Å²) in [6, 6.07) is -1.82. The topological polar surface area (TPSA) is 168 Å². The van der Waals surface area contributed by atoms with Crippen LogP contribution in [0.5, 0.6) is 0 Å². The van der Waals surface area contributed by atoms with Crippen molar-refractivity contribution in [2.24, 2.45) is 17.6 Å². The highest BCUT2D eigenvalue weighted by Gasteiger charge is 2.39. The van der Waals surface area contributed by atoms with Gasteiger partial charge in [0.05, 0.1) is 12.5 Å². The minimum absolute atomic E-state index is 0.144. The van der Waals surface area contributed by atoms with Crippen molar-refractivity contribution in [3.63, 3.8) is 0 Å². The van der Waals surface area contributed by atoms with E-state index in [1.807, 2.05) is 6.92 Å². The Morgan fingerprint density at radius 3 is 2.51 bits per heavy atom. The summed E-state index contributed by atoms with van der Waals surface area (Å²) in [5.74, 6) is -5.37. The lowest BCUT2D eigenvalue weighted by Crippen LogP contribution is -2.57. The van der Waals surface area contributed by atoms with Gasteiger partial charge in [0, 0.05) is 18.8 Å². The first-order valence-corrected chi connectivity index (χ1v) is 11.8. The molecule has 0 aromatic carbocycles. The zero-order chi connectivity index (χ0) is 26.7. The van der Waals surface area contributed by atoms with Crippen LogP contribution >= 0.6 is 0 Å². The third kappa shape index (κ3) is 9.51. The van der Waals surface area contributed by atoms with Crippen molar-refractivity contribution >= 4 is 29.6 Å². The van der Waals surface area contributed by atoms with E-state index in [2.05, 4.69) is 24.1 Å². The third-order valence-electron chi connectivity index (χ3n) is 5.88. The second kappa shape index (κ2) is 14.2. The van der Waals surface area contributed by atoms with Gasteiger partial charge in [-0.1, -0.05) is 53.0 Å². The summed E-state index contributed by atoms with van der Waals surface area (Å²) in [4.78, 5) is 63.3. The van der Waals surface area contributed by atoms with Gasteiger partial charge >= 0.3 is 5.97 Å². The van der Waals surface area contributed by atoms with Crippen LogP contribution in [-0.4, -0.2) is 71.4 Å². The Morgan fingerprint density at radius 2 is 1.91 bits per heavy atom. The van der Waals surface area contributed by atoms with Crippen LogP contribution in [0.1, 0.15) is 52.9 Å². The Kier molecular flexibility index (Phi) is 12.1. The van der Waals surface area contributed by atoms with Gasteiger partial charge in [-0.3, -0.25) is 19.2 Å². The first kappa shape index (κ1) is 29.8. The lowest BCUT2D eigenvalue weighted by molar-refractivity contribution is -0.165. The average Bonchev–Trinajstić information content (AvgIpc) is 2.80. The number of unbranched alkanes of at least 4 members (excludes halogenated alkanes) is 3. The molecule has 0 bridgehead atoms. The predicted octanol–water partition coefficient (Wildman–Crippen LogP) is 0.130. The first-order valence-electron chi connectivity index (χ1n) is 11.8. The largest absolute Gasteiger partial charge is 0.460 e. The van der Waals surface area contributed by atoms with Crippen LogP contribution in [0, 0.1) is 11.8 Å². The van der Waals surface area contributed by atoms with E-state index in [1.165, 1.54) is 13.1 Å². The maximum absolute atomic E-state index is 13.1. The van der Waals surface area contributed by atoms with E-state index in [0.29, 0.717) is 6.42 Å². The molecular weight excluding hydrogens is 456 g/mol. The monoisotopic (exact) mass is 494 g/mol. The Hall–Kier alpha value is -3.21. The Bertz CT molecular complexity index is 842. The van der Waals surface area contributed by atoms with Crippen molar-refractivity contribution < 1.29 is 33.8 Å². The molecule has 1 aliphatic heterocycles. The van der Waals surface area contributed by atoms with Crippen molar-refractivity contribution in [2.45, 2.75) is 71.1 Å². The molecule has 0 radical (unpaired) electrons. The van der Waals surface area contributed by atoms with Crippen LogP contribution < -0.4 is 16.4 Å². The molecule has 0 aromatic heterocycles. The number of hydrogen-bond acceptors (Lipinski definition) is 7. The van der Waals surface area contributed by atoms with E-state index in [0.717, 1.165) is 36.7 Å². The number of aliphatic hydroxyl groups is 1. The maximum atomic E-state index is 13.1. The van der Waals surface area contributed by atoms with Crippen LogP contribution in [0.3, 0.4) is 0 Å². The van der Waals surface area contributed by atoms with Gasteiger partial charge < -0.3 is 31.1 Å². The van der Waals surface area contributed by atoms with E-state index in [-0.39, 0.29) is 11.6 Å². The Balaban J connectivity index is 3.33. The highest BCUT2D eigenvalue weighted by Crippen LogP contribution is 2.24. The molecule has 0 spiro atoms. The number of nitrogens with zero attached hydrogens (tertiary/aromatic N) is 1. The van der Waals surface area contributed by atoms with Gasteiger partial charge in [0.1, 0.15) is 6.10 Å². The lowest BCUT2D eigenvalue weighted by Gasteiger charge is -2.31. The second-order valence-corrected chi connectivity index (χ2v) is 8.95. The average molecular weight is 495 g/mol. The smallest absolute Gasteiger partial charge is 0.332 e. The molecule has 5 unspecified atom stereocenters. The number of aliphatic hydroxyl groups excluding tert-OH is 1. The third-order valence-corrected chi connectivity index (χ3v) is 5.88. The van der Waals surface area contributed by atoms with Gasteiger partial charge in [0.25, 0.3) is 0 Å². The lowest BCUT2D eigenvalue weighted by atomic mass is 9.88. The fraction of sp³-hybridized carbons (Fsp3) is 0.625. The number of carbonyl (C=O) groups is 5. The molecule has 5 atom stereocenters. The van der Waals surface area contributed by atoms with Crippen LogP contribution in [0.25, 0.3) is 0 Å². The number of allylic oxidation sites excluding steroid dienone is 1. The molecule has 196 valence electrons. The fourth-order valence-electron chi connectivity index (χ4n) is 3.68. The van der Waals surface area contributed by atoms with Crippen LogP contribution in [0.2, 0.25) is 0 Å². The van der Waals surface area contributed by atoms with Crippen molar-refractivity contribution in [1.29, 1.82) is 0 Å². The predicted molar refractivity (Wildman–Crippen MR) is 128 cm³/mol. The second-order valence-electron chi connectivity index (χ2n) is 8.95. The van der Waals surface area contributed by atoms with E-state index < -0.39 is 60.3 Å². The zero-order valence-electron chi connectivity index (χ0n) is 20.9. The number of nitrogens with one attached hydrogen (secondary N) is 2. The van der Waals surface area contributed by atoms with Gasteiger partial charge in [-0.2, -0.15) is 0 Å². The number of primary amides is 1. The first-order chi connectivity index (χ1) is 16.4. The molecule has 4 amide bonds. The van der Waals surface area contributed by atoms with Crippen molar-refractivity contribution in [3.05, 3.63) is 24.4 Å². The minimum Gasteiger partial charge on any atom is -0.460 e. The minimum atomic E-state index is -2.08.